The summed E-state index contributed by atoms with van der Waals surface area (Å²) in [5.41, 5.74) is 7.52. The molecule has 1 unspecified atom stereocenters. The first kappa shape index (κ1) is 12.7. The number of hydrogen-bond acceptors (Lipinski definition) is 2. The van der Waals surface area contributed by atoms with Gasteiger partial charge in [-0.25, -0.2) is 0 Å². The van der Waals surface area contributed by atoms with Gasteiger partial charge < -0.3 is 11.1 Å². The molecule has 88 valence electrons. The predicted octanol–water partition coefficient (Wildman–Crippen LogP) is 2.17. The van der Waals surface area contributed by atoms with Crippen LogP contribution in [0.3, 0.4) is 0 Å². The Labute approximate surface area is 97.0 Å². The van der Waals surface area contributed by atoms with Gasteiger partial charge in [0.15, 0.2) is 0 Å². The number of benzene rings is 1. The maximum Gasteiger partial charge on any atom is 0.227 e. The number of amides is 1. The van der Waals surface area contributed by atoms with Crippen molar-refractivity contribution in [3.05, 3.63) is 29.8 Å². The van der Waals surface area contributed by atoms with Crippen LogP contribution in [0.15, 0.2) is 24.3 Å². The van der Waals surface area contributed by atoms with Crippen LogP contribution in [0.2, 0.25) is 0 Å². The normalized spacial score (nSPS) is 12.2. The van der Waals surface area contributed by atoms with Gasteiger partial charge in [-0.05, 0) is 37.1 Å². The van der Waals surface area contributed by atoms with Gasteiger partial charge in [-0.3, -0.25) is 4.79 Å². The highest BCUT2D eigenvalue weighted by Crippen LogP contribution is 2.12. The first-order chi connectivity index (χ1) is 7.67. The van der Waals surface area contributed by atoms with E-state index in [4.69, 9.17) is 5.73 Å². The van der Waals surface area contributed by atoms with E-state index in [0.717, 1.165) is 18.5 Å². The molecule has 0 spiro atoms. The van der Waals surface area contributed by atoms with Gasteiger partial charge in [0.05, 0.1) is 0 Å². The number of carbonyl (C=O) groups excluding carboxylic acids is 1. The van der Waals surface area contributed by atoms with Crippen LogP contribution < -0.4 is 11.1 Å². The van der Waals surface area contributed by atoms with Crippen LogP contribution >= 0.6 is 0 Å². The minimum absolute atomic E-state index is 0.0590. The molecule has 0 heterocycles. The second kappa shape index (κ2) is 6.28. The fraction of sp³-hybridized carbons (Fsp3) is 0.462. The van der Waals surface area contributed by atoms with Crippen LogP contribution in [-0.2, 0) is 11.2 Å². The Morgan fingerprint density at radius 1 is 1.38 bits per heavy atom. The first-order valence-corrected chi connectivity index (χ1v) is 5.77. The number of nitrogens with one attached hydrogen (secondary N) is 1. The van der Waals surface area contributed by atoms with E-state index in [2.05, 4.69) is 5.32 Å². The Bertz CT molecular complexity index is 332. The van der Waals surface area contributed by atoms with Gasteiger partial charge in [0.2, 0.25) is 5.91 Å². The van der Waals surface area contributed by atoms with Crippen molar-refractivity contribution < 1.29 is 4.79 Å². The monoisotopic (exact) mass is 220 g/mol. The minimum Gasteiger partial charge on any atom is -0.330 e. The molecule has 1 atom stereocenters. The zero-order valence-electron chi connectivity index (χ0n) is 9.99. The van der Waals surface area contributed by atoms with Crippen LogP contribution in [0.4, 0.5) is 5.69 Å². The quantitative estimate of drug-likeness (QED) is 0.799. The van der Waals surface area contributed by atoms with Crippen LogP contribution in [-0.4, -0.2) is 12.5 Å². The lowest BCUT2D eigenvalue weighted by molar-refractivity contribution is -0.119. The lowest BCUT2D eigenvalue weighted by Crippen LogP contribution is -2.19. The summed E-state index contributed by atoms with van der Waals surface area (Å²) in [6.45, 7) is 4.59. The number of anilines is 1. The molecule has 1 amide bonds. The van der Waals surface area contributed by atoms with Crippen molar-refractivity contribution in [2.24, 2.45) is 11.7 Å². The summed E-state index contributed by atoms with van der Waals surface area (Å²) in [6.07, 6.45) is 1.73. The SMILES string of the molecule is CCC(C)C(=O)Nc1ccc(CCN)cc1. The third kappa shape index (κ3) is 3.66. The van der Waals surface area contributed by atoms with E-state index in [-0.39, 0.29) is 11.8 Å². The topological polar surface area (TPSA) is 55.1 Å². The third-order valence-corrected chi connectivity index (χ3v) is 2.71. The Morgan fingerprint density at radius 3 is 2.50 bits per heavy atom. The van der Waals surface area contributed by atoms with E-state index in [1.165, 1.54) is 5.56 Å². The van der Waals surface area contributed by atoms with Gasteiger partial charge in [0.1, 0.15) is 0 Å². The Kier molecular flexibility index (Phi) is 4.99. The molecule has 3 N–H and O–H groups in total. The second-order valence-corrected chi connectivity index (χ2v) is 4.03. The lowest BCUT2D eigenvalue weighted by Gasteiger charge is -2.10. The van der Waals surface area contributed by atoms with Crippen molar-refractivity contribution >= 4 is 11.6 Å². The van der Waals surface area contributed by atoms with Gasteiger partial charge in [0, 0.05) is 11.6 Å². The molecule has 0 aliphatic rings. The number of carbonyl (C=O) groups is 1. The Hall–Kier alpha value is -1.35. The summed E-state index contributed by atoms with van der Waals surface area (Å²) < 4.78 is 0. The fourth-order valence-electron chi connectivity index (χ4n) is 1.37. The van der Waals surface area contributed by atoms with Crippen LogP contribution in [0.5, 0.6) is 0 Å². The number of hydrogen-bond donors (Lipinski definition) is 2. The number of nitrogens with two attached hydrogens (primary N) is 1. The van der Waals surface area contributed by atoms with Crippen LogP contribution in [0, 0.1) is 5.92 Å². The smallest absolute Gasteiger partial charge is 0.227 e. The van der Waals surface area contributed by atoms with E-state index in [0.29, 0.717) is 6.54 Å². The van der Waals surface area contributed by atoms with Gasteiger partial charge in [-0.15, -0.1) is 0 Å². The lowest BCUT2D eigenvalue weighted by atomic mass is 10.1. The third-order valence-electron chi connectivity index (χ3n) is 2.71. The Morgan fingerprint density at radius 2 is 2.00 bits per heavy atom. The summed E-state index contributed by atoms with van der Waals surface area (Å²) in [5.74, 6) is 0.137. The molecule has 0 aromatic heterocycles. The minimum atomic E-state index is 0.0590. The summed E-state index contributed by atoms with van der Waals surface area (Å²) >= 11 is 0. The van der Waals surface area contributed by atoms with E-state index in [1.54, 1.807) is 0 Å². The second-order valence-electron chi connectivity index (χ2n) is 4.03. The highest BCUT2D eigenvalue weighted by molar-refractivity contribution is 5.92. The average molecular weight is 220 g/mol. The molecule has 0 aliphatic heterocycles. The highest BCUT2D eigenvalue weighted by atomic mass is 16.1. The van der Waals surface area contributed by atoms with Crippen molar-refractivity contribution in [1.29, 1.82) is 0 Å². The van der Waals surface area contributed by atoms with Crippen molar-refractivity contribution in [2.45, 2.75) is 26.7 Å². The standard InChI is InChI=1S/C13H20N2O/c1-3-10(2)13(16)15-12-6-4-11(5-7-12)8-9-14/h4-7,10H,3,8-9,14H2,1-2H3,(H,15,16). The predicted molar refractivity (Wildman–Crippen MR) is 67.3 cm³/mol. The van der Waals surface area contributed by atoms with Gasteiger partial charge in [-0.2, -0.15) is 0 Å². The molecule has 16 heavy (non-hydrogen) atoms. The largest absolute Gasteiger partial charge is 0.330 e. The molecule has 0 saturated heterocycles. The molecule has 0 saturated carbocycles. The molecule has 1 aromatic carbocycles. The van der Waals surface area contributed by atoms with Gasteiger partial charge in [-0.1, -0.05) is 26.0 Å². The van der Waals surface area contributed by atoms with Crippen molar-refractivity contribution in [2.75, 3.05) is 11.9 Å². The average Bonchev–Trinajstić information content (AvgIpc) is 2.31. The maximum absolute atomic E-state index is 11.6. The van der Waals surface area contributed by atoms with Crippen molar-refractivity contribution in [3.63, 3.8) is 0 Å². The summed E-state index contributed by atoms with van der Waals surface area (Å²) in [5, 5.41) is 2.89. The maximum atomic E-state index is 11.6. The molecule has 3 heteroatoms. The molecule has 1 rings (SSSR count). The van der Waals surface area contributed by atoms with E-state index >= 15 is 0 Å². The first-order valence-electron chi connectivity index (χ1n) is 5.77. The van der Waals surface area contributed by atoms with Gasteiger partial charge >= 0.3 is 0 Å². The zero-order valence-corrected chi connectivity index (χ0v) is 9.99. The molecule has 0 aliphatic carbocycles. The summed E-state index contributed by atoms with van der Waals surface area (Å²) in [7, 11) is 0. The van der Waals surface area contributed by atoms with E-state index < -0.39 is 0 Å². The molecule has 0 radical (unpaired) electrons. The Balaban J connectivity index is 2.58. The summed E-state index contributed by atoms with van der Waals surface area (Å²) in [4.78, 5) is 11.6. The summed E-state index contributed by atoms with van der Waals surface area (Å²) in [6, 6.07) is 7.84. The van der Waals surface area contributed by atoms with Crippen LogP contribution in [0.1, 0.15) is 25.8 Å². The van der Waals surface area contributed by atoms with E-state index in [1.807, 2.05) is 38.1 Å². The van der Waals surface area contributed by atoms with Crippen LogP contribution in [0.25, 0.3) is 0 Å². The molecule has 0 bridgehead atoms. The molecule has 1 aromatic rings. The molecular formula is C13H20N2O. The van der Waals surface area contributed by atoms with Crippen molar-refractivity contribution in [1.82, 2.24) is 0 Å². The molecule has 3 nitrogen and oxygen atoms in total. The molecule has 0 fully saturated rings. The number of rotatable bonds is 5. The zero-order chi connectivity index (χ0) is 12.0. The highest BCUT2D eigenvalue weighted by Gasteiger charge is 2.09. The van der Waals surface area contributed by atoms with Gasteiger partial charge in [0.25, 0.3) is 0 Å². The molecular weight excluding hydrogens is 200 g/mol. The fourth-order valence-corrected chi connectivity index (χ4v) is 1.37. The van der Waals surface area contributed by atoms with E-state index in [9.17, 15) is 4.79 Å². The van der Waals surface area contributed by atoms with Crippen molar-refractivity contribution in [3.8, 4) is 0 Å².